The molecule has 1 aliphatic carbocycles. The van der Waals surface area contributed by atoms with Crippen LogP contribution < -0.4 is 0 Å². The summed E-state index contributed by atoms with van der Waals surface area (Å²) in [5, 5.41) is 0.147. The van der Waals surface area contributed by atoms with E-state index in [9.17, 15) is 0 Å². The predicted octanol–water partition coefficient (Wildman–Crippen LogP) is 4.98. The van der Waals surface area contributed by atoms with Crippen molar-refractivity contribution in [2.45, 2.75) is 44.9 Å². The van der Waals surface area contributed by atoms with Crippen LogP contribution in [-0.4, -0.2) is 13.7 Å². The van der Waals surface area contributed by atoms with Crippen molar-refractivity contribution in [2.75, 3.05) is 13.7 Å². The second-order valence-corrected chi connectivity index (χ2v) is 6.84. The van der Waals surface area contributed by atoms with E-state index in [1.807, 2.05) is 0 Å². The lowest BCUT2D eigenvalue weighted by Crippen LogP contribution is -2.21. The second-order valence-electron chi connectivity index (χ2n) is 6.37. The van der Waals surface area contributed by atoms with E-state index in [2.05, 4.69) is 38.1 Å². The van der Waals surface area contributed by atoms with Crippen LogP contribution in [0.15, 0.2) is 24.3 Å². The molecule has 2 heteroatoms. The van der Waals surface area contributed by atoms with E-state index in [0.717, 1.165) is 13.0 Å². The molecule has 2 unspecified atom stereocenters. The van der Waals surface area contributed by atoms with E-state index in [1.165, 1.54) is 30.4 Å². The third-order valence-corrected chi connectivity index (χ3v) is 5.14. The Morgan fingerprint density at radius 2 is 2.00 bits per heavy atom. The zero-order chi connectivity index (χ0) is 13.9. The van der Waals surface area contributed by atoms with Gasteiger partial charge in [-0.05, 0) is 41.7 Å². The highest BCUT2D eigenvalue weighted by atomic mass is 35.5. The normalized spacial score (nSPS) is 23.5. The third kappa shape index (κ3) is 3.52. The largest absolute Gasteiger partial charge is 0.384 e. The minimum absolute atomic E-state index is 0.147. The second kappa shape index (κ2) is 6.28. The van der Waals surface area contributed by atoms with Crippen molar-refractivity contribution in [3.63, 3.8) is 0 Å². The highest BCUT2D eigenvalue weighted by molar-refractivity contribution is 6.21. The van der Waals surface area contributed by atoms with Crippen LogP contribution in [0, 0.1) is 11.3 Å². The van der Waals surface area contributed by atoms with Gasteiger partial charge in [0.05, 0.1) is 12.0 Å². The Bertz CT molecular complexity index is 396. The quantitative estimate of drug-likeness (QED) is 0.691. The lowest BCUT2D eigenvalue weighted by molar-refractivity contribution is 0.202. The molecule has 0 aliphatic heterocycles. The molecule has 19 heavy (non-hydrogen) atoms. The molecule has 1 aromatic rings. The van der Waals surface area contributed by atoms with Gasteiger partial charge in [0.15, 0.2) is 0 Å². The first-order valence-corrected chi connectivity index (χ1v) is 7.70. The van der Waals surface area contributed by atoms with Crippen LogP contribution >= 0.6 is 11.6 Å². The summed E-state index contributed by atoms with van der Waals surface area (Å²) in [5.41, 5.74) is 2.96. The van der Waals surface area contributed by atoms with Crippen LogP contribution in [-0.2, 0) is 11.2 Å². The number of methoxy groups -OCH3 is 1. The molecule has 0 N–H and O–H groups in total. The lowest BCUT2D eigenvalue weighted by Gasteiger charge is -2.31. The molecule has 0 radical (unpaired) electrons. The van der Waals surface area contributed by atoms with E-state index in [1.54, 1.807) is 7.11 Å². The Morgan fingerprint density at radius 3 is 2.53 bits per heavy atom. The molecule has 1 aliphatic rings. The fourth-order valence-corrected chi connectivity index (χ4v) is 3.83. The maximum atomic E-state index is 6.73. The molecule has 2 atom stereocenters. The van der Waals surface area contributed by atoms with Crippen molar-refractivity contribution in [2.24, 2.45) is 11.3 Å². The van der Waals surface area contributed by atoms with Gasteiger partial charge in [-0.2, -0.15) is 0 Å². The first-order valence-electron chi connectivity index (χ1n) is 7.26. The summed E-state index contributed by atoms with van der Waals surface area (Å²) in [5.74, 6) is 0.596. The molecular weight excluding hydrogens is 256 g/mol. The summed E-state index contributed by atoms with van der Waals surface area (Å²) in [6.07, 6.45) is 4.84. The summed E-state index contributed by atoms with van der Waals surface area (Å²) in [7, 11) is 1.74. The van der Waals surface area contributed by atoms with Gasteiger partial charge in [-0.15, -0.1) is 11.6 Å². The molecule has 0 bridgehead atoms. The van der Waals surface area contributed by atoms with Gasteiger partial charge < -0.3 is 4.74 Å². The number of hydrogen-bond acceptors (Lipinski definition) is 1. The van der Waals surface area contributed by atoms with Crippen molar-refractivity contribution in [1.29, 1.82) is 0 Å². The number of rotatable bonds is 5. The Balaban J connectivity index is 2.05. The molecule has 0 spiro atoms. The molecular formula is C17H25ClO. The molecule has 0 saturated heterocycles. The van der Waals surface area contributed by atoms with Gasteiger partial charge in [-0.3, -0.25) is 0 Å². The van der Waals surface area contributed by atoms with Crippen LogP contribution in [0.1, 0.15) is 49.6 Å². The molecule has 0 heterocycles. The van der Waals surface area contributed by atoms with E-state index in [4.69, 9.17) is 16.3 Å². The van der Waals surface area contributed by atoms with Crippen molar-refractivity contribution in [3.05, 3.63) is 35.4 Å². The van der Waals surface area contributed by atoms with Crippen molar-refractivity contribution < 1.29 is 4.74 Å². The Labute approximate surface area is 122 Å². The highest BCUT2D eigenvalue weighted by Gasteiger charge is 2.39. The van der Waals surface area contributed by atoms with E-state index in [-0.39, 0.29) is 5.38 Å². The van der Waals surface area contributed by atoms with E-state index in [0.29, 0.717) is 11.3 Å². The monoisotopic (exact) mass is 280 g/mol. The van der Waals surface area contributed by atoms with Gasteiger partial charge in [0.1, 0.15) is 0 Å². The number of ether oxygens (including phenoxy) is 1. The van der Waals surface area contributed by atoms with Crippen LogP contribution in [0.2, 0.25) is 0 Å². The SMILES string of the molecule is COCCc1ccc(C(Cl)C2CCCC2(C)C)cc1. The average Bonchev–Trinajstić information content (AvgIpc) is 2.76. The van der Waals surface area contributed by atoms with Crippen molar-refractivity contribution in [3.8, 4) is 0 Å². The smallest absolute Gasteiger partial charge is 0.0618 e. The number of benzene rings is 1. The van der Waals surface area contributed by atoms with Crippen molar-refractivity contribution >= 4 is 11.6 Å². The summed E-state index contributed by atoms with van der Waals surface area (Å²) in [6, 6.07) is 8.76. The third-order valence-electron chi connectivity index (χ3n) is 4.59. The molecule has 1 aromatic carbocycles. The Kier molecular flexibility index (Phi) is 4.92. The number of alkyl halides is 1. The molecule has 2 rings (SSSR count). The summed E-state index contributed by atoms with van der Waals surface area (Å²) in [6.45, 7) is 5.49. The molecule has 0 aromatic heterocycles. The molecule has 1 nitrogen and oxygen atoms in total. The van der Waals surface area contributed by atoms with Gasteiger partial charge in [0, 0.05) is 7.11 Å². The van der Waals surface area contributed by atoms with Crippen LogP contribution in [0.3, 0.4) is 0 Å². The number of halogens is 1. The number of hydrogen-bond donors (Lipinski definition) is 0. The van der Waals surface area contributed by atoms with E-state index >= 15 is 0 Å². The van der Waals surface area contributed by atoms with Crippen molar-refractivity contribution in [1.82, 2.24) is 0 Å². The van der Waals surface area contributed by atoms with E-state index < -0.39 is 0 Å². The first-order chi connectivity index (χ1) is 9.04. The maximum absolute atomic E-state index is 6.73. The molecule has 0 amide bonds. The maximum Gasteiger partial charge on any atom is 0.0618 e. The Morgan fingerprint density at radius 1 is 1.32 bits per heavy atom. The topological polar surface area (TPSA) is 9.23 Å². The molecule has 1 saturated carbocycles. The van der Waals surface area contributed by atoms with Gasteiger partial charge in [0.25, 0.3) is 0 Å². The molecule has 1 fully saturated rings. The van der Waals surface area contributed by atoms with Crippen LogP contribution in [0.25, 0.3) is 0 Å². The zero-order valence-corrected chi connectivity index (χ0v) is 13.0. The molecule has 106 valence electrons. The zero-order valence-electron chi connectivity index (χ0n) is 12.3. The standard InChI is InChI=1S/C17H25ClO/c1-17(2)11-4-5-15(17)16(18)14-8-6-13(7-9-14)10-12-19-3/h6-9,15-16H,4-5,10-12H2,1-3H3. The lowest BCUT2D eigenvalue weighted by atomic mass is 9.78. The highest BCUT2D eigenvalue weighted by Crippen LogP contribution is 2.51. The minimum Gasteiger partial charge on any atom is -0.384 e. The summed E-state index contributed by atoms with van der Waals surface area (Å²) >= 11 is 6.73. The summed E-state index contributed by atoms with van der Waals surface area (Å²) in [4.78, 5) is 0. The predicted molar refractivity (Wildman–Crippen MR) is 81.7 cm³/mol. The fourth-order valence-electron chi connectivity index (χ4n) is 3.22. The average molecular weight is 281 g/mol. The fraction of sp³-hybridized carbons (Fsp3) is 0.647. The minimum atomic E-state index is 0.147. The van der Waals surface area contributed by atoms with Gasteiger partial charge >= 0.3 is 0 Å². The van der Waals surface area contributed by atoms with Crippen LogP contribution in [0.4, 0.5) is 0 Å². The summed E-state index contributed by atoms with van der Waals surface area (Å²) < 4.78 is 5.11. The van der Waals surface area contributed by atoms with Crippen LogP contribution in [0.5, 0.6) is 0 Å². The van der Waals surface area contributed by atoms with Gasteiger partial charge in [-0.25, -0.2) is 0 Å². The Hall–Kier alpha value is -0.530. The van der Waals surface area contributed by atoms with Gasteiger partial charge in [-0.1, -0.05) is 44.5 Å². The van der Waals surface area contributed by atoms with Gasteiger partial charge in [0.2, 0.25) is 0 Å². The first kappa shape index (κ1) is 14.9.